The normalized spacial score (nSPS) is 19.1. The van der Waals surface area contributed by atoms with Crippen LogP contribution in [0.25, 0.3) is 0 Å². The van der Waals surface area contributed by atoms with Gasteiger partial charge in [-0.25, -0.2) is 0 Å². The highest BCUT2D eigenvalue weighted by Gasteiger charge is 2.25. The van der Waals surface area contributed by atoms with Crippen LogP contribution in [0, 0.1) is 0 Å². The highest BCUT2D eigenvalue weighted by Crippen LogP contribution is 2.33. The fraction of sp³-hybridized carbons (Fsp3) is 0.458. The van der Waals surface area contributed by atoms with Gasteiger partial charge in [0, 0.05) is 44.5 Å². The predicted octanol–water partition coefficient (Wildman–Crippen LogP) is 2.60. The van der Waals surface area contributed by atoms with E-state index in [1.54, 1.807) is 18.2 Å². The lowest BCUT2D eigenvalue weighted by Crippen LogP contribution is -2.44. The van der Waals surface area contributed by atoms with Gasteiger partial charge in [0.2, 0.25) is 6.79 Å². The Hall–Kier alpha value is -2.77. The quantitative estimate of drug-likeness (QED) is 0.798. The molecule has 0 aromatic heterocycles. The number of fused-ring (bicyclic) bond motifs is 2. The summed E-state index contributed by atoms with van der Waals surface area (Å²) in [5, 5.41) is 3.15. The summed E-state index contributed by atoms with van der Waals surface area (Å²) in [7, 11) is 2.16. The lowest BCUT2D eigenvalue weighted by molar-refractivity contribution is 0.0162. The van der Waals surface area contributed by atoms with E-state index >= 15 is 0 Å². The summed E-state index contributed by atoms with van der Waals surface area (Å²) in [6, 6.07) is 12.2. The molecule has 0 unspecified atom stereocenters. The number of anilines is 1. The second kappa shape index (κ2) is 8.77. The average molecular weight is 424 g/mol. The Labute approximate surface area is 182 Å². The first-order valence-corrected chi connectivity index (χ1v) is 11.0. The van der Waals surface area contributed by atoms with E-state index in [9.17, 15) is 4.79 Å². The first-order chi connectivity index (χ1) is 15.2. The molecule has 0 spiro atoms. The molecular formula is C24H29N3O4. The third-order valence-corrected chi connectivity index (χ3v) is 6.42. The van der Waals surface area contributed by atoms with Crippen LogP contribution in [0.1, 0.15) is 33.9 Å². The van der Waals surface area contributed by atoms with E-state index in [-0.39, 0.29) is 18.7 Å². The molecule has 1 atom stereocenters. The average Bonchev–Trinajstić information content (AvgIpc) is 3.28. The van der Waals surface area contributed by atoms with Crippen LogP contribution in [0.3, 0.4) is 0 Å². The van der Waals surface area contributed by atoms with Crippen molar-refractivity contribution in [2.75, 3.05) is 58.1 Å². The summed E-state index contributed by atoms with van der Waals surface area (Å²) in [5.41, 5.74) is 4.55. The minimum atomic E-state index is -0.103. The molecule has 1 saturated heterocycles. The number of benzene rings is 2. The van der Waals surface area contributed by atoms with Gasteiger partial charge in [0.05, 0.1) is 19.3 Å². The van der Waals surface area contributed by atoms with Gasteiger partial charge >= 0.3 is 0 Å². The second-order valence-corrected chi connectivity index (χ2v) is 8.36. The molecule has 0 saturated carbocycles. The van der Waals surface area contributed by atoms with Crippen molar-refractivity contribution in [2.45, 2.75) is 18.9 Å². The highest BCUT2D eigenvalue weighted by molar-refractivity contribution is 5.95. The molecule has 7 heteroatoms. The van der Waals surface area contributed by atoms with E-state index in [0.29, 0.717) is 23.6 Å². The number of carbonyl (C=O) groups is 1. The van der Waals surface area contributed by atoms with Gasteiger partial charge in [-0.1, -0.05) is 12.1 Å². The number of hydrogen-bond donors (Lipinski definition) is 1. The Morgan fingerprint density at radius 3 is 2.77 bits per heavy atom. The molecule has 0 aliphatic carbocycles. The van der Waals surface area contributed by atoms with Crippen LogP contribution in [-0.2, 0) is 11.2 Å². The first kappa shape index (κ1) is 20.2. The Morgan fingerprint density at radius 2 is 1.90 bits per heavy atom. The molecule has 1 amide bonds. The van der Waals surface area contributed by atoms with Crippen molar-refractivity contribution >= 4 is 11.6 Å². The number of hydrogen-bond acceptors (Lipinski definition) is 6. The van der Waals surface area contributed by atoms with E-state index in [1.807, 2.05) is 0 Å². The maximum absolute atomic E-state index is 12.9. The van der Waals surface area contributed by atoms with Crippen molar-refractivity contribution in [1.29, 1.82) is 0 Å². The van der Waals surface area contributed by atoms with Gasteiger partial charge in [-0.3, -0.25) is 9.69 Å². The number of nitrogens with zero attached hydrogens (tertiary/aromatic N) is 2. The molecule has 164 valence electrons. The molecule has 3 heterocycles. The van der Waals surface area contributed by atoms with E-state index < -0.39 is 0 Å². The zero-order valence-corrected chi connectivity index (χ0v) is 17.9. The number of rotatable bonds is 5. The summed E-state index contributed by atoms with van der Waals surface area (Å²) in [5.74, 6) is 1.20. The van der Waals surface area contributed by atoms with Gasteiger partial charge in [0.1, 0.15) is 0 Å². The lowest BCUT2D eigenvalue weighted by Gasteiger charge is -2.36. The fourth-order valence-corrected chi connectivity index (χ4v) is 4.69. The van der Waals surface area contributed by atoms with Crippen LogP contribution >= 0.6 is 0 Å². The van der Waals surface area contributed by atoms with E-state index in [2.05, 4.69) is 40.4 Å². The minimum Gasteiger partial charge on any atom is -0.454 e. The zero-order chi connectivity index (χ0) is 21.2. The molecule has 0 bridgehead atoms. The highest BCUT2D eigenvalue weighted by atomic mass is 16.7. The third kappa shape index (κ3) is 4.20. The maximum Gasteiger partial charge on any atom is 0.251 e. The topological polar surface area (TPSA) is 63.3 Å². The summed E-state index contributed by atoms with van der Waals surface area (Å²) in [4.78, 5) is 17.6. The molecule has 1 fully saturated rings. The molecular weight excluding hydrogens is 394 g/mol. The monoisotopic (exact) mass is 423 g/mol. The number of amides is 1. The van der Waals surface area contributed by atoms with Crippen LogP contribution in [0.15, 0.2) is 36.4 Å². The van der Waals surface area contributed by atoms with Crippen molar-refractivity contribution in [1.82, 2.24) is 10.2 Å². The van der Waals surface area contributed by atoms with Gasteiger partial charge in [0.25, 0.3) is 5.91 Å². The molecule has 0 radical (unpaired) electrons. The van der Waals surface area contributed by atoms with Gasteiger partial charge in [0.15, 0.2) is 11.5 Å². The Balaban J connectivity index is 1.35. The smallest absolute Gasteiger partial charge is 0.251 e. The largest absolute Gasteiger partial charge is 0.454 e. The van der Waals surface area contributed by atoms with Crippen molar-refractivity contribution in [3.8, 4) is 11.5 Å². The second-order valence-electron chi connectivity index (χ2n) is 8.36. The van der Waals surface area contributed by atoms with Crippen molar-refractivity contribution < 1.29 is 19.0 Å². The Kier molecular flexibility index (Phi) is 5.70. The molecule has 5 rings (SSSR count). The van der Waals surface area contributed by atoms with Gasteiger partial charge in [-0.15, -0.1) is 0 Å². The Bertz CT molecular complexity index is 958. The van der Waals surface area contributed by atoms with E-state index in [4.69, 9.17) is 14.2 Å². The van der Waals surface area contributed by atoms with Crippen LogP contribution in [0.2, 0.25) is 0 Å². The summed E-state index contributed by atoms with van der Waals surface area (Å²) in [6.07, 6.45) is 2.28. The molecule has 3 aliphatic heterocycles. The van der Waals surface area contributed by atoms with E-state index in [0.717, 1.165) is 39.3 Å². The van der Waals surface area contributed by atoms with Crippen LogP contribution in [0.4, 0.5) is 5.69 Å². The van der Waals surface area contributed by atoms with Crippen LogP contribution < -0.4 is 19.7 Å². The Morgan fingerprint density at radius 1 is 1.06 bits per heavy atom. The van der Waals surface area contributed by atoms with Crippen LogP contribution in [-0.4, -0.2) is 64.0 Å². The van der Waals surface area contributed by atoms with Gasteiger partial charge < -0.3 is 24.4 Å². The van der Waals surface area contributed by atoms with Crippen molar-refractivity contribution in [3.63, 3.8) is 0 Å². The summed E-state index contributed by atoms with van der Waals surface area (Å²) in [6.45, 7) is 5.02. The van der Waals surface area contributed by atoms with Crippen molar-refractivity contribution in [3.05, 3.63) is 53.1 Å². The lowest BCUT2D eigenvalue weighted by atomic mass is 9.95. The SMILES string of the molecule is CN1CCCc2cc([C@@H](CNC(=O)c3ccc4c(c3)OCO4)N3CCOCC3)ccc21. The predicted molar refractivity (Wildman–Crippen MR) is 118 cm³/mol. The van der Waals surface area contributed by atoms with Gasteiger partial charge in [-0.05, 0) is 48.2 Å². The standard InChI is InChI=1S/C24H29N3O4/c1-26-8-2-3-17-13-18(4-6-20(17)26)21(27-9-11-29-12-10-27)15-25-24(28)19-5-7-22-23(14-19)31-16-30-22/h4-7,13-14,21H,2-3,8-12,15-16H2,1H3,(H,25,28)/t21-/m1/s1. The molecule has 3 aliphatic rings. The number of aryl methyl sites for hydroxylation is 1. The minimum absolute atomic E-state index is 0.103. The summed E-state index contributed by atoms with van der Waals surface area (Å²) >= 11 is 0. The summed E-state index contributed by atoms with van der Waals surface area (Å²) < 4.78 is 16.3. The molecule has 31 heavy (non-hydrogen) atoms. The fourth-order valence-electron chi connectivity index (χ4n) is 4.69. The number of nitrogens with one attached hydrogen (secondary N) is 1. The van der Waals surface area contributed by atoms with Crippen molar-refractivity contribution in [2.24, 2.45) is 0 Å². The maximum atomic E-state index is 12.9. The molecule has 2 aromatic carbocycles. The zero-order valence-electron chi connectivity index (χ0n) is 17.9. The first-order valence-electron chi connectivity index (χ1n) is 11.0. The van der Waals surface area contributed by atoms with Crippen LogP contribution in [0.5, 0.6) is 11.5 Å². The number of carbonyl (C=O) groups excluding carboxylic acids is 1. The van der Waals surface area contributed by atoms with E-state index in [1.165, 1.54) is 23.2 Å². The molecule has 7 nitrogen and oxygen atoms in total. The molecule has 2 aromatic rings. The van der Waals surface area contributed by atoms with Gasteiger partial charge in [-0.2, -0.15) is 0 Å². The number of morpholine rings is 1. The third-order valence-electron chi connectivity index (χ3n) is 6.42. The number of ether oxygens (including phenoxy) is 3. The molecule has 1 N–H and O–H groups in total.